The van der Waals surface area contributed by atoms with Gasteiger partial charge >= 0.3 is 0 Å². The van der Waals surface area contributed by atoms with E-state index in [1.807, 2.05) is 18.2 Å². The first kappa shape index (κ1) is 17.1. The van der Waals surface area contributed by atoms with Crippen LogP contribution in [-0.4, -0.2) is 42.3 Å². The van der Waals surface area contributed by atoms with Crippen LogP contribution in [0, 0.1) is 0 Å². The molecule has 2 aromatic rings. The van der Waals surface area contributed by atoms with Crippen LogP contribution in [0.25, 0.3) is 0 Å². The lowest BCUT2D eigenvalue weighted by Crippen LogP contribution is -2.43. The molecule has 0 aliphatic carbocycles. The summed E-state index contributed by atoms with van der Waals surface area (Å²) >= 11 is 6.23. The maximum absolute atomic E-state index is 11.9. The summed E-state index contributed by atoms with van der Waals surface area (Å²) in [5.41, 5.74) is 1.45. The maximum Gasteiger partial charge on any atom is 0.155 e. The Hall–Kier alpha value is -1.76. The molecule has 1 aliphatic rings. The van der Waals surface area contributed by atoms with Crippen molar-refractivity contribution >= 4 is 27.1 Å². The average molecular weight is 368 g/mol. The van der Waals surface area contributed by atoms with E-state index in [0.717, 1.165) is 5.56 Å². The predicted octanol–water partition coefficient (Wildman–Crippen LogP) is 2.21. The zero-order chi connectivity index (χ0) is 17.3. The van der Waals surface area contributed by atoms with Crippen molar-refractivity contribution in [3.63, 3.8) is 0 Å². The highest BCUT2D eigenvalue weighted by molar-refractivity contribution is 7.91. The van der Waals surface area contributed by atoms with Crippen molar-refractivity contribution in [2.24, 2.45) is 0 Å². The van der Waals surface area contributed by atoms with Gasteiger partial charge in [-0.2, -0.15) is 0 Å². The smallest absolute Gasteiger partial charge is 0.155 e. The number of sulfone groups is 1. The minimum Gasteiger partial charge on any atom is -0.508 e. The molecule has 128 valence electrons. The van der Waals surface area contributed by atoms with E-state index < -0.39 is 22.0 Å². The van der Waals surface area contributed by atoms with Gasteiger partial charge in [0.05, 0.1) is 23.7 Å². The second-order valence-electron chi connectivity index (χ2n) is 5.95. The number of aliphatic hydroxyl groups is 1. The van der Waals surface area contributed by atoms with Gasteiger partial charge in [0, 0.05) is 23.3 Å². The second kappa shape index (κ2) is 6.63. The number of aromatic hydroxyl groups is 1. The standard InChI is InChI=1S/C17H18ClNO4S/c18-15-7-2-1-4-12(15)9-19(13-5-3-6-14(20)8-13)16-10-24(22,23)11-17(16)21/h1-8,16-17,20-21H,9-11H2/t16-,17-/m0/s1. The number of nitrogens with zero attached hydrogens (tertiary/aromatic N) is 1. The highest BCUT2D eigenvalue weighted by atomic mass is 35.5. The van der Waals surface area contributed by atoms with Crippen molar-refractivity contribution in [1.82, 2.24) is 0 Å². The van der Waals surface area contributed by atoms with Crippen LogP contribution in [0.2, 0.25) is 5.02 Å². The molecule has 3 rings (SSSR count). The van der Waals surface area contributed by atoms with E-state index in [1.54, 1.807) is 35.2 Å². The lowest BCUT2D eigenvalue weighted by atomic mass is 10.1. The quantitative estimate of drug-likeness (QED) is 0.866. The second-order valence-corrected chi connectivity index (χ2v) is 8.51. The molecule has 0 radical (unpaired) electrons. The number of aliphatic hydroxyl groups excluding tert-OH is 1. The molecular formula is C17H18ClNO4S. The zero-order valence-corrected chi connectivity index (χ0v) is 14.4. The molecule has 0 bridgehead atoms. The van der Waals surface area contributed by atoms with Gasteiger partial charge in [-0.15, -0.1) is 0 Å². The monoisotopic (exact) mass is 367 g/mol. The molecule has 1 aliphatic heterocycles. The van der Waals surface area contributed by atoms with Crippen LogP contribution >= 0.6 is 11.6 Å². The maximum atomic E-state index is 11.9. The summed E-state index contributed by atoms with van der Waals surface area (Å²) in [5.74, 6) is -0.309. The molecule has 2 atom stereocenters. The lowest BCUT2D eigenvalue weighted by molar-refractivity contribution is 0.177. The number of halogens is 1. The summed E-state index contributed by atoms with van der Waals surface area (Å²) in [7, 11) is -3.30. The van der Waals surface area contributed by atoms with Gasteiger partial charge < -0.3 is 15.1 Å². The fraction of sp³-hybridized carbons (Fsp3) is 0.294. The minimum absolute atomic E-state index is 0.0759. The molecule has 1 heterocycles. The topological polar surface area (TPSA) is 77.8 Å². The van der Waals surface area contributed by atoms with Gasteiger partial charge in [-0.05, 0) is 23.8 Å². The highest BCUT2D eigenvalue weighted by Gasteiger charge is 2.40. The molecule has 5 nitrogen and oxygen atoms in total. The van der Waals surface area contributed by atoms with Gasteiger partial charge in [0.2, 0.25) is 0 Å². The normalized spacial score (nSPS) is 22.4. The third kappa shape index (κ3) is 3.66. The number of phenols is 1. The number of hydrogen-bond donors (Lipinski definition) is 2. The fourth-order valence-corrected chi connectivity index (χ4v) is 4.99. The lowest BCUT2D eigenvalue weighted by Gasteiger charge is -2.32. The third-order valence-corrected chi connectivity index (χ3v) is 6.22. The first-order valence-electron chi connectivity index (χ1n) is 7.53. The Morgan fingerprint density at radius 3 is 2.50 bits per heavy atom. The van der Waals surface area contributed by atoms with Gasteiger partial charge in [0.25, 0.3) is 0 Å². The molecular weight excluding hydrogens is 350 g/mol. The van der Waals surface area contributed by atoms with Crippen molar-refractivity contribution in [1.29, 1.82) is 0 Å². The summed E-state index contributed by atoms with van der Waals surface area (Å²) in [6, 6.07) is 13.2. The molecule has 24 heavy (non-hydrogen) atoms. The summed E-state index contributed by atoms with van der Waals surface area (Å²) < 4.78 is 23.8. The van der Waals surface area contributed by atoms with Gasteiger partial charge in [0.15, 0.2) is 9.84 Å². The Balaban J connectivity index is 2.00. The predicted molar refractivity (Wildman–Crippen MR) is 94.2 cm³/mol. The van der Waals surface area contributed by atoms with E-state index >= 15 is 0 Å². The van der Waals surface area contributed by atoms with Crippen LogP contribution in [-0.2, 0) is 16.4 Å². The van der Waals surface area contributed by atoms with Gasteiger partial charge in [-0.25, -0.2) is 8.42 Å². The molecule has 0 aromatic heterocycles. The van der Waals surface area contributed by atoms with Crippen LogP contribution in [0.1, 0.15) is 5.56 Å². The molecule has 0 saturated carbocycles. The Kier molecular flexibility index (Phi) is 4.71. The third-order valence-electron chi connectivity index (χ3n) is 4.15. The van der Waals surface area contributed by atoms with Crippen LogP contribution in [0.5, 0.6) is 5.75 Å². The Labute approximate surface area is 146 Å². The van der Waals surface area contributed by atoms with E-state index in [0.29, 0.717) is 17.3 Å². The number of benzene rings is 2. The van der Waals surface area contributed by atoms with E-state index in [9.17, 15) is 18.6 Å². The van der Waals surface area contributed by atoms with Crippen LogP contribution in [0.15, 0.2) is 48.5 Å². The van der Waals surface area contributed by atoms with Crippen molar-refractivity contribution in [2.45, 2.75) is 18.7 Å². The summed E-state index contributed by atoms with van der Waals surface area (Å²) in [6.45, 7) is 0.334. The number of anilines is 1. The van der Waals surface area contributed by atoms with E-state index in [-0.39, 0.29) is 17.3 Å². The molecule has 7 heteroatoms. The number of rotatable bonds is 4. The highest BCUT2D eigenvalue weighted by Crippen LogP contribution is 2.30. The summed E-state index contributed by atoms with van der Waals surface area (Å²) in [5, 5.41) is 20.6. The zero-order valence-electron chi connectivity index (χ0n) is 12.8. The van der Waals surface area contributed by atoms with Gasteiger partial charge in [0.1, 0.15) is 5.75 Å². The van der Waals surface area contributed by atoms with Gasteiger partial charge in [-0.1, -0.05) is 35.9 Å². The van der Waals surface area contributed by atoms with Crippen LogP contribution in [0.4, 0.5) is 5.69 Å². The summed E-state index contributed by atoms with van der Waals surface area (Å²) in [6.07, 6.45) is -0.986. The molecule has 2 aromatic carbocycles. The molecule has 0 unspecified atom stereocenters. The molecule has 0 spiro atoms. The van der Waals surface area contributed by atoms with E-state index in [1.165, 1.54) is 0 Å². The van der Waals surface area contributed by atoms with Crippen molar-refractivity contribution in [2.75, 3.05) is 16.4 Å². The fourth-order valence-electron chi connectivity index (χ4n) is 2.99. The largest absolute Gasteiger partial charge is 0.508 e. The van der Waals surface area contributed by atoms with Crippen LogP contribution < -0.4 is 4.90 Å². The number of hydrogen-bond acceptors (Lipinski definition) is 5. The van der Waals surface area contributed by atoms with E-state index in [4.69, 9.17) is 11.6 Å². The SMILES string of the molecule is O=S1(=O)C[C@H](O)[C@@H](N(Cc2ccccc2Cl)c2cccc(O)c2)C1. The van der Waals surface area contributed by atoms with Crippen LogP contribution in [0.3, 0.4) is 0 Å². The molecule has 1 saturated heterocycles. The van der Waals surface area contributed by atoms with Crippen molar-refractivity contribution in [3.05, 3.63) is 59.1 Å². The average Bonchev–Trinajstić information content (AvgIpc) is 2.79. The molecule has 0 amide bonds. The minimum atomic E-state index is -3.30. The summed E-state index contributed by atoms with van der Waals surface area (Å²) in [4.78, 5) is 1.79. The first-order valence-corrected chi connectivity index (χ1v) is 9.73. The Bertz CT molecular complexity index is 840. The molecule has 1 fully saturated rings. The Morgan fingerprint density at radius 1 is 1.12 bits per heavy atom. The first-order chi connectivity index (χ1) is 11.4. The number of phenolic OH excluding ortho intramolecular Hbond substituents is 1. The Morgan fingerprint density at radius 2 is 1.88 bits per heavy atom. The van der Waals surface area contributed by atoms with Crippen molar-refractivity contribution in [3.8, 4) is 5.75 Å². The van der Waals surface area contributed by atoms with Gasteiger partial charge in [-0.3, -0.25) is 0 Å². The molecule has 2 N–H and O–H groups in total. The van der Waals surface area contributed by atoms with Crippen molar-refractivity contribution < 1.29 is 18.6 Å². The van der Waals surface area contributed by atoms with E-state index in [2.05, 4.69) is 0 Å².